The molecule has 4 aromatic carbocycles. The van der Waals surface area contributed by atoms with E-state index in [-0.39, 0.29) is 11.6 Å². The number of methoxy groups -OCH3 is 1. The first-order valence-corrected chi connectivity index (χ1v) is 20.2. The van der Waals surface area contributed by atoms with Gasteiger partial charge in [-0.15, -0.1) is 45.3 Å². The van der Waals surface area contributed by atoms with Crippen molar-refractivity contribution in [2.24, 2.45) is 0 Å². The molecule has 2 nitrogen and oxygen atoms in total. The quantitative estimate of drug-likeness (QED) is 0.167. The molecule has 0 aliphatic carbocycles. The number of fused-ring (bicyclic) bond motifs is 4. The molecule has 4 heterocycles. The first-order chi connectivity index (χ1) is 24.7. The molecular formula is C44H43F2NOS4. The van der Waals surface area contributed by atoms with Gasteiger partial charge in [-0.2, -0.15) is 5.26 Å². The first-order valence-electron chi connectivity index (χ1n) is 16.9. The summed E-state index contributed by atoms with van der Waals surface area (Å²) in [5.74, 6) is 0.616. The number of nitriles is 1. The minimum absolute atomic E-state index is 0.133. The lowest BCUT2D eigenvalue weighted by Gasteiger charge is -1.99. The smallest absolute Gasteiger partial charge is 0.136 e. The highest BCUT2D eigenvalue weighted by Gasteiger charge is 2.12. The lowest BCUT2D eigenvalue weighted by Crippen LogP contribution is -1.81. The van der Waals surface area contributed by atoms with Crippen LogP contribution in [-0.4, -0.2) is 7.11 Å². The number of ether oxygens (including phenoxy) is 1. The molecule has 8 heteroatoms. The Labute approximate surface area is 321 Å². The molecule has 0 radical (unpaired) electrons. The van der Waals surface area contributed by atoms with Gasteiger partial charge in [-0.1, -0.05) is 30.3 Å². The molecule has 0 amide bonds. The Bertz CT molecular complexity index is 2610. The van der Waals surface area contributed by atoms with Crippen LogP contribution in [0.15, 0.2) is 60.7 Å². The summed E-state index contributed by atoms with van der Waals surface area (Å²) in [5.41, 5.74) is 8.25. The molecule has 52 heavy (non-hydrogen) atoms. The third-order valence-electron chi connectivity index (χ3n) is 9.50. The van der Waals surface area contributed by atoms with Crippen molar-refractivity contribution in [3.8, 4) is 11.8 Å². The number of hydrogen-bond donors (Lipinski definition) is 0. The number of halogens is 2. The second kappa shape index (κ2) is 16.3. The van der Waals surface area contributed by atoms with E-state index in [0.29, 0.717) is 4.88 Å². The van der Waals surface area contributed by atoms with Crippen molar-refractivity contribution in [3.05, 3.63) is 131 Å². The Kier molecular flexibility index (Phi) is 12.2. The molecule has 268 valence electrons. The highest BCUT2D eigenvalue weighted by atomic mass is 32.1. The van der Waals surface area contributed by atoms with Gasteiger partial charge in [0.2, 0.25) is 0 Å². The van der Waals surface area contributed by atoms with Crippen molar-refractivity contribution >= 4 is 85.7 Å². The molecule has 0 spiro atoms. The lowest BCUT2D eigenvalue weighted by molar-refractivity contribution is 0.420. The number of hydrogen-bond acceptors (Lipinski definition) is 6. The molecule has 0 aliphatic heterocycles. The number of rotatable bonds is 1. The summed E-state index contributed by atoms with van der Waals surface area (Å²) in [6.45, 7) is 20.7. The summed E-state index contributed by atoms with van der Waals surface area (Å²) in [6.07, 6.45) is 0. The normalized spacial score (nSPS) is 10.8. The predicted molar refractivity (Wildman–Crippen MR) is 226 cm³/mol. The van der Waals surface area contributed by atoms with Crippen LogP contribution < -0.4 is 4.74 Å². The average Bonchev–Trinajstić information content (AvgIpc) is 3.80. The molecule has 0 fully saturated rings. The molecular weight excluding hydrogens is 725 g/mol. The Balaban J connectivity index is 0.000000134. The molecule has 0 saturated carbocycles. The van der Waals surface area contributed by atoms with Crippen molar-refractivity contribution < 1.29 is 13.5 Å². The standard InChI is InChI=1S/C11H8FNS.C11H11FS.C11H12OS.C11H12S/c1-6-3-8(12)4-9-7(2)10(5-13)14-11(6)9;1-6-4-9(12)5-10-7(2)8(3)13-11(6)10;1-7-8(2)13-11-9(7)5-4-6-10(11)12-3;1-7-5-4-6-10-8(2)9(3)12-11(7)10/h3-4H,1-2H3;4-5H,1-3H3;4-6H,1-3H3;4-6H,1-3H3. The van der Waals surface area contributed by atoms with Crippen LogP contribution in [0.1, 0.15) is 58.5 Å². The van der Waals surface area contributed by atoms with Crippen LogP contribution in [0.25, 0.3) is 40.3 Å². The van der Waals surface area contributed by atoms with Crippen LogP contribution in [0.5, 0.6) is 5.75 Å². The molecule has 0 aliphatic rings. The van der Waals surface area contributed by atoms with Gasteiger partial charge < -0.3 is 4.74 Å². The minimum atomic E-state index is -0.236. The van der Waals surface area contributed by atoms with E-state index < -0.39 is 0 Å². The molecule has 8 rings (SSSR count). The fourth-order valence-corrected chi connectivity index (χ4v) is 10.6. The lowest BCUT2D eigenvalue weighted by atomic mass is 10.1. The van der Waals surface area contributed by atoms with Gasteiger partial charge in [-0.25, -0.2) is 8.78 Å². The second-order valence-electron chi connectivity index (χ2n) is 13.0. The first kappa shape index (κ1) is 39.1. The number of thiophene rings is 4. The summed E-state index contributed by atoms with van der Waals surface area (Å²) in [4.78, 5) is 4.77. The summed E-state index contributed by atoms with van der Waals surface area (Å²) < 4.78 is 36.5. The fraction of sp³-hybridized carbons (Fsp3) is 0.250. The van der Waals surface area contributed by atoms with Crippen LogP contribution in [0.3, 0.4) is 0 Å². The third kappa shape index (κ3) is 7.94. The van der Waals surface area contributed by atoms with Gasteiger partial charge in [0.25, 0.3) is 0 Å². The second-order valence-corrected chi connectivity index (χ2v) is 17.7. The van der Waals surface area contributed by atoms with Gasteiger partial charge in [0.05, 0.1) is 11.8 Å². The van der Waals surface area contributed by atoms with Crippen molar-refractivity contribution in [2.45, 2.75) is 69.2 Å². The summed E-state index contributed by atoms with van der Waals surface area (Å²) >= 11 is 6.89. The van der Waals surface area contributed by atoms with Crippen molar-refractivity contribution in [3.63, 3.8) is 0 Å². The van der Waals surface area contributed by atoms with Gasteiger partial charge in [-0.3, -0.25) is 0 Å². The van der Waals surface area contributed by atoms with Gasteiger partial charge in [-0.05, 0) is 160 Å². The Morgan fingerprint density at radius 2 is 0.923 bits per heavy atom. The largest absolute Gasteiger partial charge is 0.495 e. The van der Waals surface area contributed by atoms with E-state index in [4.69, 9.17) is 10.00 Å². The molecule has 8 aromatic rings. The van der Waals surface area contributed by atoms with Gasteiger partial charge >= 0.3 is 0 Å². The maximum atomic E-state index is 13.1. The maximum Gasteiger partial charge on any atom is 0.136 e. The van der Waals surface area contributed by atoms with Crippen LogP contribution >= 0.6 is 45.3 Å². The SMILES string of the molecule is COc1cccc2c(C)c(C)sc12.Cc1c(C#N)sc2c(C)cc(F)cc12.Cc1sc2c(C)cc(F)cc2c1C.Cc1sc2c(C)cccc2c1C. The topological polar surface area (TPSA) is 33.0 Å². The number of nitrogens with zero attached hydrogens (tertiary/aromatic N) is 1. The highest BCUT2D eigenvalue weighted by Crippen LogP contribution is 2.37. The van der Waals surface area contributed by atoms with Crippen LogP contribution in [-0.2, 0) is 0 Å². The van der Waals surface area contributed by atoms with E-state index in [1.165, 1.54) is 85.2 Å². The zero-order valence-corrected chi connectivity index (χ0v) is 34.8. The molecule has 4 aromatic heterocycles. The van der Waals surface area contributed by atoms with E-state index in [1.807, 2.05) is 51.2 Å². The minimum Gasteiger partial charge on any atom is -0.495 e. The van der Waals surface area contributed by atoms with Gasteiger partial charge in [0.1, 0.15) is 28.3 Å². The van der Waals surface area contributed by atoms with E-state index >= 15 is 0 Å². The summed E-state index contributed by atoms with van der Waals surface area (Å²) in [5, 5.41) is 13.5. The highest BCUT2D eigenvalue weighted by molar-refractivity contribution is 7.20. The Morgan fingerprint density at radius 3 is 1.42 bits per heavy atom. The number of benzene rings is 4. The Hall–Kier alpha value is -4.13. The fourth-order valence-electron chi connectivity index (χ4n) is 6.11. The van der Waals surface area contributed by atoms with E-state index in [2.05, 4.69) is 71.9 Å². The molecule has 0 N–H and O–H groups in total. The molecule has 0 unspecified atom stereocenters. The zero-order chi connectivity index (χ0) is 38.0. The number of aryl methyl sites for hydroxylation is 10. The van der Waals surface area contributed by atoms with Crippen LogP contribution in [0.2, 0.25) is 0 Å². The van der Waals surface area contributed by atoms with Crippen molar-refractivity contribution in [2.75, 3.05) is 7.11 Å². The van der Waals surface area contributed by atoms with E-state index in [1.54, 1.807) is 41.9 Å². The molecule has 0 bridgehead atoms. The van der Waals surface area contributed by atoms with E-state index in [0.717, 1.165) is 37.9 Å². The monoisotopic (exact) mass is 767 g/mol. The van der Waals surface area contributed by atoms with Crippen LogP contribution in [0.4, 0.5) is 8.78 Å². The van der Waals surface area contributed by atoms with E-state index in [9.17, 15) is 8.78 Å². The average molecular weight is 768 g/mol. The maximum absolute atomic E-state index is 13.1. The predicted octanol–water partition coefficient (Wildman–Crippen LogP) is 14.8. The van der Waals surface area contributed by atoms with Crippen molar-refractivity contribution in [1.29, 1.82) is 5.26 Å². The summed E-state index contributed by atoms with van der Waals surface area (Å²) in [7, 11) is 1.72. The summed E-state index contributed by atoms with van der Waals surface area (Å²) in [6, 6.07) is 21.1. The van der Waals surface area contributed by atoms with Gasteiger partial charge in [0, 0.05) is 28.7 Å². The van der Waals surface area contributed by atoms with Crippen LogP contribution in [0, 0.1) is 92.2 Å². The Morgan fingerprint density at radius 1 is 0.500 bits per heavy atom. The third-order valence-corrected chi connectivity index (χ3v) is 14.8. The molecule has 0 atom stereocenters. The molecule has 0 saturated heterocycles. The van der Waals surface area contributed by atoms with Crippen molar-refractivity contribution in [1.82, 2.24) is 0 Å². The van der Waals surface area contributed by atoms with Gasteiger partial charge in [0.15, 0.2) is 0 Å². The zero-order valence-electron chi connectivity index (χ0n) is 31.5.